The molecule has 0 rings (SSSR count). The van der Waals surface area contributed by atoms with Crippen LogP contribution in [0.4, 0.5) is 0 Å². The Bertz CT molecular complexity index is 257. The molecular weight excluding hydrogens is 380 g/mol. The Morgan fingerprint density at radius 2 is 1.86 bits per heavy atom. The molecule has 0 aromatic carbocycles. The van der Waals surface area contributed by atoms with Crippen LogP contribution in [0.3, 0.4) is 0 Å². The molecule has 0 aliphatic heterocycles. The predicted octanol–water partition coefficient (Wildman–Crippen LogP) is 3.92. The Hall–Kier alpha value is 0.650. The molecule has 0 amide bonds. The lowest BCUT2D eigenvalue weighted by molar-refractivity contribution is -0.132. The summed E-state index contributed by atoms with van der Waals surface area (Å²) in [6.07, 6.45) is 1.66. The number of hydrogen-bond donors (Lipinski definition) is 1. The number of carboxylic acid groups (broad SMARTS) is 1. The first-order valence-corrected chi connectivity index (χ1v) is 6.71. The van der Waals surface area contributed by atoms with Crippen molar-refractivity contribution in [3.05, 3.63) is 11.6 Å². The molecule has 0 unspecified atom stereocenters. The Balaban J connectivity index is 4.98. The minimum atomic E-state index is -0.904. The molecule has 2 nitrogen and oxygen atoms in total. The summed E-state index contributed by atoms with van der Waals surface area (Å²) in [5.41, 5.74) is 0.178. The van der Waals surface area contributed by atoms with Crippen LogP contribution in [0.1, 0.15) is 20.8 Å². The second kappa shape index (κ2) is 5.12. The molecular formula is C9H13Br3O2. The molecule has 0 aliphatic rings. The molecule has 82 valence electrons. The smallest absolute Gasteiger partial charge is 0.331 e. The van der Waals surface area contributed by atoms with Gasteiger partial charge in [-0.1, -0.05) is 61.6 Å². The molecule has 0 aromatic rings. The second-order valence-electron chi connectivity index (χ2n) is 3.77. The normalized spacial score (nSPS) is 14.3. The van der Waals surface area contributed by atoms with E-state index in [1.165, 1.54) is 0 Å². The number of allylic oxidation sites excluding steroid dienone is 1. The molecule has 0 saturated carbocycles. The Labute approximate surface area is 110 Å². The van der Waals surface area contributed by atoms with Crippen LogP contribution in [-0.2, 0) is 4.79 Å². The third-order valence-corrected chi connectivity index (χ3v) is 5.98. The highest BCUT2D eigenvalue weighted by molar-refractivity contribution is 9.25. The fourth-order valence-corrected chi connectivity index (χ4v) is 2.78. The fraction of sp³-hybridized carbons (Fsp3) is 0.667. The van der Waals surface area contributed by atoms with Crippen LogP contribution >= 0.6 is 47.8 Å². The largest absolute Gasteiger partial charge is 0.478 e. The van der Waals surface area contributed by atoms with Gasteiger partial charge in [0, 0.05) is 16.3 Å². The summed E-state index contributed by atoms with van der Waals surface area (Å²) in [7, 11) is 0. The minimum absolute atomic E-state index is 0.135. The van der Waals surface area contributed by atoms with Crippen molar-refractivity contribution in [1.29, 1.82) is 0 Å². The van der Waals surface area contributed by atoms with Crippen LogP contribution in [0.15, 0.2) is 11.6 Å². The van der Waals surface area contributed by atoms with Gasteiger partial charge >= 0.3 is 5.97 Å². The SMILES string of the molecule is C/C(=C\C(Br)(Br)C(C)(C)CBr)C(=O)O. The van der Waals surface area contributed by atoms with E-state index in [1.807, 2.05) is 13.8 Å². The molecule has 0 atom stereocenters. The number of aliphatic carboxylic acids is 1. The Morgan fingerprint density at radius 1 is 1.43 bits per heavy atom. The number of hydrogen-bond acceptors (Lipinski definition) is 1. The summed E-state index contributed by atoms with van der Waals surface area (Å²) in [5, 5.41) is 9.51. The van der Waals surface area contributed by atoms with E-state index in [-0.39, 0.29) is 5.41 Å². The zero-order chi connectivity index (χ0) is 11.6. The van der Waals surface area contributed by atoms with Gasteiger partial charge in [0.1, 0.15) is 3.23 Å². The first-order valence-electron chi connectivity index (χ1n) is 4.00. The van der Waals surface area contributed by atoms with Crippen molar-refractivity contribution in [2.45, 2.75) is 24.0 Å². The highest BCUT2D eigenvalue weighted by Crippen LogP contribution is 2.46. The van der Waals surface area contributed by atoms with Crippen molar-refractivity contribution in [3.63, 3.8) is 0 Å². The van der Waals surface area contributed by atoms with Crippen molar-refractivity contribution in [3.8, 4) is 0 Å². The molecule has 0 spiro atoms. The molecule has 5 heteroatoms. The quantitative estimate of drug-likeness (QED) is 0.581. The number of rotatable bonds is 4. The Kier molecular flexibility index (Phi) is 5.36. The van der Waals surface area contributed by atoms with E-state index in [1.54, 1.807) is 13.0 Å². The lowest BCUT2D eigenvalue weighted by Crippen LogP contribution is -2.33. The molecule has 0 heterocycles. The van der Waals surface area contributed by atoms with Gasteiger partial charge in [0.15, 0.2) is 0 Å². The first kappa shape index (κ1) is 14.6. The van der Waals surface area contributed by atoms with E-state index in [0.717, 1.165) is 5.33 Å². The molecule has 0 aromatic heterocycles. The fourth-order valence-electron chi connectivity index (χ4n) is 0.618. The highest BCUT2D eigenvalue weighted by atomic mass is 79.9. The maximum atomic E-state index is 10.7. The van der Waals surface area contributed by atoms with Gasteiger partial charge in [-0.3, -0.25) is 0 Å². The zero-order valence-corrected chi connectivity index (χ0v) is 13.0. The van der Waals surface area contributed by atoms with E-state index in [0.29, 0.717) is 5.57 Å². The van der Waals surface area contributed by atoms with Crippen LogP contribution in [0.25, 0.3) is 0 Å². The van der Waals surface area contributed by atoms with Gasteiger partial charge in [-0.15, -0.1) is 0 Å². The summed E-state index contributed by atoms with van der Waals surface area (Å²) in [4.78, 5) is 10.7. The number of halogens is 3. The third-order valence-electron chi connectivity index (χ3n) is 1.97. The van der Waals surface area contributed by atoms with Crippen molar-refractivity contribution in [2.24, 2.45) is 5.41 Å². The molecule has 1 N–H and O–H groups in total. The van der Waals surface area contributed by atoms with Gasteiger partial charge < -0.3 is 5.11 Å². The van der Waals surface area contributed by atoms with Crippen LogP contribution in [0.5, 0.6) is 0 Å². The summed E-state index contributed by atoms with van der Waals surface area (Å²) >= 11 is 10.4. The van der Waals surface area contributed by atoms with Crippen LogP contribution in [-0.4, -0.2) is 19.6 Å². The number of alkyl halides is 3. The van der Waals surface area contributed by atoms with Gasteiger partial charge in [-0.05, 0) is 13.0 Å². The standard InChI is InChI=1S/C9H13Br3O2/c1-6(7(13)14)4-9(11,12)8(2,3)5-10/h4H,5H2,1-3H3,(H,13,14)/b6-4+. The lowest BCUT2D eigenvalue weighted by Gasteiger charge is -2.34. The van der Waals surface area contributed by atoms with E-state index in [4.69, 9.17) is 5.11 Å². The van der Waals surface area contributed by atoms with E-state index in [2.05, 4.69) is 47.8 Å². The van der Waals surface area contributed by atoms with Crippen molar-refractivity contribution in [1.82, 2.24) is 0 Å². The molecule has 0 saturated heterocycles. The van der Waals surface area contributed by atoms with Crippen molar-refractivity contribution < 1.29 is 9.90 Å². The number of carbonyl (C=O) groups is 1. The molecule has 0 bridgehead atoms. The van der Waals surface area contributed by atoms with E-state index in [9.17, 15) is 4.79 Å². The van der Waals surface area contributed by atoms with Gasteiger partial charge in [0.2, 0.25) is 0 Å². The van der Waals surface area contributed by atoms with Crippen molar-refractivity contribution in [2.75, 3.05) is 5.33 Å². The van der Waals surface area contributed by atoms with Crippen LogP contribution < -0.4 is 0 Å². The summed E-state index contributed by atoms with van der Waals surface area (Å²) < 4.78 is -0.515. The highest BCUT2D eigenvalue weighted by Gasteiger charge is 2.38. The average Bonchev–Trinajstić information content (AvgIpc) is 2.03. The lowest BCUT2D eigenvalue weighted by atomic mass is 9.91. The van der Waals surface area contributed by atoms with Gasteiger partial charge in [-0.25, -0.2) is 4.79 Å². The average molecular weight is 393 g/mol. The summed E-state index contributed by atoms with van der Waals surface area (Å²) in [6.45, 7) is 5.62. The summed E-state index contributed by atoms with van der Waals surface area (Å²) in [6, 6.07) is 0. The van der Waals surface area contributed by atoms with Gasteiger partial charge in [0.05, 0.1) is 0 Å². The van der Waals surface area contributed by atoms with Gasteiger partial charge in [-0.2, -0.15) is 0 Å². The van der Waals surface area contributed by atoms with E-state index < -0.39 is 9.20 Å². The van der Waals surface area contributed by atoms with E-state index >= 15 is 0 Å². The molecule has 0 radical (unpaired) electrons. The second-order valence-corrected chi connectivity index (χ2v) is 7.90. The number of carboxylic acids is 1. The van der Waals surface area contributed by atoms with Gasteiger partial charge in [0.25, 0.3) is 0 Å². The minimum Gasteiger partial charge on any atom is -0.478 e. The maximum Gasteiger partial charge on any atom is 0.331 e. The molecule has 14 heavy (non-hydrogen) atoms. The topological polar surface area (TPSA) is 37.3 Å². The third kappa shape index (κ3) is 3.66. The van der Waals surface area contributed by atoms with Crippen molar-refractivity contribution >= 4 is 53.8 Å². The molecule has 0 fully saturated rings. The van der Waals surface area contributed by atoms with Crippen LogP contribution in [0, 0.1) is 5.41 Å². The predicted molar refractivity (Wildman–Crippen MR) is 69.6 cm³/mol. The first-order chi connectivity index (χ1) is 6.14. The van der Waals surface area contributed by atoms with Crippen LogP contribution in [0.2, 0.25) is 0 Å². The summed E-state index contributed by atoms with van der Waals surface area (Å²) in [5.74, 6) is -0.904. The Morgan fingerprint density at radius 3 is 2.14 bits per heavy atom. The monoisotopic (exact) mass is 390 g/mol. The zero-order valence-electron chi connectivity index (χ0n) is 8.27. The maximum absolute atomic E-state index is 10.7. The molecule has 0 aliphatic carbocycles.